The number of benzene rings is 1. The van der Waals surface area contributed by atoms with E-state index < -0.39 is 0 Å². The molecule has 0 atom stereocenters. The van der Waals surface area contributed by atoms with Gasteiger partial charge >= 0.3 is 0 Å². The van der Waals surface area contributed by atoms with Crippen LogP contribution in [0.1, 0.15) is 5.69 Å². The van der Waals surface area contributed by atoms with Gasteiger partial charge in [-0.3, -0.25) is 0 Å². The van der Waals surface area contributed by atoms with Gasteiger partial charge in [-0.2, -0.15) is 0 Å². The van der Waals surface area contributed by atoms with Gasteiger partial charge in [-0.15, -0.1) is 16.7 Å². The number of hydrogen-bond donors (Lipinski definition) is 0. The van der Waals surface area contributed by atoms with E-state index in [1.54, 1.807) is 4.68 Å². The highest BCUT2D eigenvalue weighted by atomic mass is 127. The zero-order valence-corrected chi connectivity index (χ0v) is 10.1. The summed E-state index contributed by atoms with van der Waals surface area (Å²) in [5.41, 5.74) is 1.78. The predicted octanol–water partition coefficient (Wildman–Crippen LogP) is 2.61. The van der Waals surface area contributed by atoms with Crippen molar-refractivity contribution in [2.24, 2.45) is 0 Å². The van der Waals surface area contributed by atoms with E-state index in [0.717, 1.165) is 11.4 Å². The minimum absolute atomic E-state index is 0.393. The van der Waals surface area contributed by atoms with Crippen molar-refractivity contribution in [2.75, 3.05) is 0 Å². The van der Waals surface area contributed by atoms with Crippen molar-refractivity contribution in [3.05, 3.63) is 39.7 Å². The summed E-state index contributed by atoms with van der Waals surface area (Å²) in [6, 6.07) is 8.04. The Morgan fingerprint density at radius 3 is 2.57 bits per heavy atom. The molecule has 0 spiro atoms. The Kier molecular flexibility index (Phi) is 3.02. The van der Waals surface area contributed by atoms with Crippen LogP contribution in [0.4, 0.5) is 0 Å². The second-order valence-corrected chi connectivity index (χ2v) is 4.28. The second-order valence-electron chi connectivity index (χ2n) is 2.76. The molecule has 3 nitrogen and oxygen atoms in total. The lowest BCUT2D eigenvalue weighted by Crippen LogP contribution is -1.94. The van der Waals surface area contributed by atoms with Gasteiger partial charge in [0.1, 0.15) is 0 Å². The molecule has 14 heavy (non-hydrogen) atoms. The van der Waals surface area contributed by atoms with E-state index >= 15 is 0 Å². The summed E-state index contributed by atoms with van der Waals surface area (Å²) in [5, 5.41) is 7.88. The van der Waals surface area contributed by atoms with Crippen LogP contribution in [-0.4, -0.2) is 15.0 Å². The first-order valence-electron chi connectivity index (χ1n) is 4.03. The van der Waals surface area contributed by atoms with Gasteiger partial charge < -0.3 is 0 Å². The van der Waals surface area contributed by atoms with E-state index in [4.69, 9.17) is 11.6 Å². The van der Waals surface area contributed by atoms with Crippen LogP contribution < -0.4 is 0 Å². The van der Waals surface area contributed by atoms with E-state index in [1.165, 1.54) is 3.57 Å². The minimum atomic E-state index is 0.393. The van der Waals surface area contributed by atoms with Gasteiger partial charge in [0, 0.05) is 3.57 Å². The average molecular weight is 320 g/mol. The highest BCUT2D eigenvalue weighted by Gasteiger charge is 2.00. The predicted molar refractivity (Wildman–Crippen MR) is 63.6 cm³/mol. The number of nitrogens with zero attached hydrogens (tertiary/aromatic N) is 3. The summed E-state index contributed by atoms with van der Waals surface area (Å²) < 4.78 is 2.91. The van der Waals surface area contributed by atoms with Crippen LogP contribution in [0.5, 0.6) is 0 Å². The molecule has 0 saturated heterocycles. The number of hydrogen-bond acceptors (Lipinski definition) is 2. The van der Waals surface area contributed by atoms with E-state index in [9.17, 15) is 0 Å². The summed E-state index contributed by atoms with van der Waals surface area (Å²) in [6.45, 7) is 0. The molecule has 1 aromatic heterocycles. The molecule has 0 unspecified atom stereocenters. The van der Waals surface area contributed by atoms with Crippen molar-refractivity contribution in [1.82, 2.24) is 15.0 Å². The summed E-state index contributed by atoms with van der Waals surface area (Å²) in [5.74, 6) is 0.393. The second kappa shape index (κ2) is 4.27. The first-order valence-corrected chi connectivity index (χ1v) is 5.64. The molecule has 0 bridgehead atoms. The molecule has 72 valence electrons. The summed E-state index contributed by atoms with van der Waals surface area (Å²) >= 11 is 7.90. The van der Waals surface area contributed by atoms with Crippen molar-refractivity contribution < 1.29 is 0 Å². The van der Waals surface area contributed by atoms with Gasteiger partial charge in [-0.05, 0) is 46.9 Å². The Morgan fingerprint density at radius 1 is 1.29 bits per heavy atom. The van der Waals surface area contributed by atoms with Crippen molar-refractivity contribution in [2.45, 2.75) is 5.88 Å². The maximum atomic E-state index is 5.64. The normalized spacial score (nSPS) is 10.4. The molecule has 2 aromatic rings. The summed E-state index contributed by atoms with van der Waals surface area (Å²) in [6.07, 6.45) is 1.83. The lowest BCUT2D eigenvalue weighted by Gasteiger charge is -1.98. The van der Waals surface area contributed by atoms with Crippen LogP contribution >= 0.6 is 34.2 Å². The maximum absolute atomic E-state index is 5.64. The molecule has 0 amide bonds. The molecule has 0 aliphatic rings. The van der Waals surface area contributed by atoms with Gasteiger partial charge in [-0.25, -0.2) is 4.68 Å². The van der Waals surface area contributed by atoms with E-state index in [1.807, 2.05) is 30.5 Å². The quantitative estimate of drug-likeness (QED) is 0.629. The lowest BCUT2D eigenvalue weighted by molar-refractivity contribution is 0.800. The third kappa shape index (κ3) is 2.06. The third-order valence-corrected chi connectivity index (χ3v) is 2.76. The van der Waals surface area contributed by atoms with Crippen molar-refractivity contribution in [3.8, 4) is 5.69 Å². The largest absolute Gasteiger partial charge is 0.220 e. The monoisotopic (exact) mass is 319 g/mol. The molecule has 0 fully saturated rings. The van der Waals surface area contributed by atoms with E-state index in [-0.39, 0.29) is 0 Å². The van der Waals surface area contributed by atoms with Crippen molar-refractivity contribution >= 4 is 34.2 Å². The molecule has 0 aliphatic carbocycles. The molecule has 2 rings (SSSR count). The average Bonchev–Trinajstić information content (AvgIpc) is 2.67. The molecular weight excluding hydrogens is 312 g/mol. The fourth-order valence-electron chi connectivity index (χ4n) is 1.08. The molecule has 0 aliphatic heterocycles. The van der Waals surface area contributed by atoms with Gasteiger partial charge in [0.2, 0.25) is 0 Å². The minimum Gasteiger partial charge on any atom is -0.220 e. The van der Waals surface area contributed by atoms with E-state index in [2.05, 4.69) is 32.9 Å². The number of rotatable bonds is 2. The number of alkyl halides is 1. The zero-order chi connectivity index (χ0) is 9.97. The van der Waals surface area contributed by atoms with Gasteiger partial charge in [0.15, 0.2) is 0 Å². The smallest absolute Gasteiger partial charge is 0.0979 e. The van der Waals surface area contributed by atoms with Gasteiger partial charge in [0.25, 0.3) is 0 Å². The highest BCUT2D eigenvalue weighted by Crippen LogP contribution is 2.10. The lowest BCUT2D eigenvalue weighted by atomic mass is 10.3. The standard InChI is InChI=1S/C9H7ClIN3/c10-5-8-6-14(13-12-8)9-3-1-7(11)2-4-9/h1-4,6H,5H2. The first kappa shape index (κ1) is 9.92. The maximum Gasteiger partial charge on any atom is 0.0979 e. The van der Waals surface area contributed by atoms with Gasteiger partial charge in [0.05, 0.1) is 23.5 Å². The SMILES string of the molecule is ClCc1cn(-c2ccc(I)cc2)nn1. The molecule has 5 heteroatoms. The Balaban J connectivity index is 2.34. The fourth-order valence-corrected chi connectivity index (χ4v) is 1.56. The van der Waals surface area contributed by atoms with Crippen LogP contribution in [-0.2, 0) is 5.88 Å². The molecule has 0 radical (unpaired) electrons. The van der Waals surface area contributed by atoms with Crippen LogP contribution in [0, 0.1) is 3.57 Å². The Morgan fingerprint density at radius 2 is 2.00 bits per heavy atom. The van der Waals surface area contributed by atoms with Crippen LogP contribution in [0.3, 0.4) is 0 Å². The third-order valence-electron chi connectivity index (χ3n) is 1.77. The Labute approximate surface area is 100 Å². The number of aromatic nitrogens is 3. The molecule has 1 aromatic carbocycles. The van der Waals surface area contributed by atoms with Crippen LogP contribution in [0.25, 0.3) is 5.69 Å². The van der Waals surface area contributed by atoms with Crippen LogP contribution in [0.2, 0.25) is 0 Å². The zero-order valence-electron chi connectivity index (χ0n) is 7.19. The highest BCUT2D eigenvalue weighted by molar-refractivity contribution is 14.1. The topological polar surface area (TPSA) is 30.7 Å². The first-order chi connectivity index (χ1) is 6.79. The number of halogens is 2. The Bertz CT molecular complexity index is 424. The van der Waals surface area contributed by atoms with Crippen molar-refractivity contribution in [1.29, 1.82) is 0 Å². The van der Waals surface area contributed by atoms with E-state index in [0.29, 0.717) is 5.88 Å². The van der Waals surface area contributed by atoms with Gasteiger partial charge in [-0.1, -0.05) is 5.21 Å². The molecule has 0 N–H and O–H groups in total. The molecular formula is C9H7ClIN3. The summed E-state index contributed by atoms with van der Waals surface area (Å²) in [4.78, 5) is 0. The van der Waals surface area contributed by atoms with Crippen LogP contribution in [0.15, 0.2) is 30.5 Å². The van der Waals surface area contributed by atoms with Crippen molar-refractivity contribution in [3.63, 3.8) is 0 Å². The Hall–Kier alpha value is -0.620. The molecule has 0 saturated carbocycles. The summed E-state index contributed by atoms with van der Waals surface area (Å²) in [7, 11) is 0. The molecule has 1 heterocycles. The fraction of sp³-hybridized carbons (Fsp3) is 0.111.